The van der Waals surface area contributed by atoms with Gasteiger partial charge in [-0.25, -0.2) is 0 Å². The molecule has 89 valence electrons. The smallest absolute Gasteiger partial charge is 0.252 e. The van der Waals surface area contributed by atoms with Gasteiger partial charge in [-0.2, -0.15) is 0 Å². The zero-order chi connectivity index (χ0) is 13.1. The number of hydrogen-bond acceptors (Lipinski definition) is 3. The van der Waals surface area contributed by atoms with Gasteiger partial charge in [0.1, 0.15) is 5.75 Å². The highest BCUT2D eigenvalue weighted by molar-refractivity contribution is 6.01. The second-order valence-corrected chi connectivity index (χ2v) is 3.62. The van der Waals surface area contributed by atoms with Crippen molar-refractivity contribution in [1.82, 2.24) is 4.98 Å². The van der Waals surface area contributed by atoms with Crippen LogP contribution in [0, 0.1) is 18.0 Å². The molecule has 1 radical (unpaired) electrons. The maximum Gasteiger partial charge on any atom is 0.252 e. The van der Waals surface area contributed by atoms with Crippen LogP contribution in [0.4, 0.5) is 0 Å². The number of methoxy groups -OCH3 is 1. The first kappa shape index (κ1) is 11.9. The highest BCUT2D eigenvalue weighted by Gasteiger charge is 2.12. The van der Waals surface area contributed by atoms with Gasteiger partial charge in [0.15, 0.2) is 0 Å². The third kappa shape index (κ3) is 1.98. The number of nitrogens with two attached hydrogens (primary N) is 1. The molecule has 1 aromatic heterocycles. The van der Waals surface area contributed by atoms with Crippen LogP contribution in [0.3, 0.4) is 0 Å². The maximum absolute atomic E-state index is 11.4. The van der Waals surface area contributed by atoms with E-state index in [-0.39, 0.29) is 0 Å². The summed E-state index contributed by atoms with van der Waals surface area (Å²) in [6.45, 7) is 1.74. The number of ether oxygens (including phenoxy) is 1. The molecule has 0 bridgehead atoms. The first-order valence-electron chi connectivity index (χ1n) is 5.28. The van der Waals surface area contributed by atoms with E-state index in [0.717, 1.165) is 16.3 Å². The molecule has 0 aliphatic heterocycles. The van der Waals surface area contributed by atoms with Crippen LogP contribution >= 0.6 is 0 Å². The minimum atomic E-state index is -0.541. The van der Waals surface area contributed by atoms with Crippen molar-refractivity contribution >= 4 is 16.7 Å². The Hall–Kier alpha value is -2.54. The topological polar surface area (TPSA) is 65.2 Å². The fourth-order valence-corrected chi connectivity index (χ4v) is 1.73. The van der Waals surface area contributed by atoms with Crippen LogP contribution in [0.1, 0.15) is 22.8 Å². The van der Waals surface area contributed by atoms with Gasteiger partial charge in [-0.05, 0) is 19.1 Å². The minimum Gasteiger partial charge on any atom is -0.496 e. The quantitative estimate of drug-likeness (QED) is 0.808. The normalized spacial score (nSPS) is 9.67. The number of aromatic nitrogens is 1. The Morgan fingerprint density at radius 1 is 1.50 bits per heavy atom. The predicted molar refractivity (Wildman–Crippen MR) is 68.2 cm³/mol. The molecule has 1 heterocycles. The summed E-state index contributed by atoms with van der Waals surface area (Å²) < 4.78 is 5.13. The Labute approximate surface area is 105 Å². The molecule has 1 aromatic carbocycles. The Balaban J connectivity index is 2.82. The molecule has 18 heavy (non-hydrogen) atoms. The Kier molecular flexibility index (Phi) is 3.16. The predicted octanol–water partition coefficient (Wildman–Crippen LogP) is 1.51. The summed E-state index contributed by atoms with van der Waals surface area (Å²) in [5, 5.41) is 1.52. The van der Waals surface area contributed by atoms with E-state index in [1.807, 2.05) is 0 Å². The molecule has 0 atom stereocenters. The fraction of sp³-hybridized carbons (Fsp3) is 0.143. The van der Waals surface area contributed by atoms with E-state index in [0.29, 0.717) is 11.3 Å². The molecule has 4 heteroatoms. The van der Waals surface area contributed by atoms with Gasteiger partial charge in [-0.3, -0.25) is 9.78 Å². The number of hydrogen-bond donors (Lipinski definition) is 1. The number of carbonyl (C=O) groups is 1. The zero-order valence-corrected chi connectivity index (χ0v) is 10.1. The Bertz CT molecular complexity index is 681. The van der Waals surface area contributed by atoms with E-state index < -0.39 is 5.91 Å². The summed E-state index contributed by atoms with van der Waals surface area (Å²) >= 11 is 0. The van der Waals surface area contributed by atoms with Gasteiger partial charge in [0.2, 0.25) is 0 Å². The van der Waals surface area contributed by atoms with E-state index >= 15 is 0 Å². The lowest BCUT2D eigenvalue weighted by atomic mass is 10.0. The van der Waals surface area contributed by atoms with Crippen molar-refractivity contribution in [2.24, 2.45) is 5.73 Å². The van der Waals surface area contributed by atoms with Crippen molar-refractivity contribution in [3.63, 3.8) is 0 Å². The van der Waals surface area contributed by atoms with Crippen LogP contribution < -0.4 is 10.5 Å². The van der Waals surface area contributed by atoms with Crippen molar-refractivity contribution in [3.8, 4) is 17.6 Å². The van der Waals surface area contributed by atoms with E-state index in [1.54, 1.807) is 25.3 Å². The number of amides is 1. The number of fused-ring (bicyclic) bond motifs is 1. The number of carbonyl (C=O) groups excluding carboxylic acids is 1. The molecule has 0 spiro atoms. The highest BCUT2D eigenvalue weighted by Crippen LogP contribution is 2.26. The van der Waals surface area contributed by atoms with Crippen molar-refractivity contribution in [3.05, 3.63) is 35.7 Å². The van der Waals surface area contributed by atoms with E-state index in [9.17, 15) is 4.79 Å². The monoisotopic (exact) mass is 239 g/mol. The third-order valence-corrected chi connectivity index (χ3v) is 2.53. The van der Waals surface area contributed by atoms with Gasteiger partial charge >= 0.3 is 0 Å². The first-order chi connectivity index (χ1) is 8.67. The van der Waals surface area contributed by atoms with Crippen molar-refractivity contribution in [2.45, 2.75) is 6.92 Å². The lowest BCUT2D eigenvalue weighted by Crippen LogP contribution is -2.12. The molecule has 0 saturated carbocycles. The number of pyridine rings is 1. The maximum atomic E-state index is 11.4. The summed E-state index contributed by atoms with van der Waals surface area (Å²) in [5.74, 6) is 5.60. The molecule has 2 N–H and O–H groups in total. The summed E-state index contributed by atoms with van der Waals surface area (Å²) in [6.07, 6.45) is 4.45. The summed E-state index contributed by atoms with van der Waals surface area (Å²) in [5.41, 5.74) is 6.38. The van der Waals surface area contributed by atoms with E-state index in [1.165, 1.54) is 7.11 Å². The van der Waals surface area contributed by atoms with Gasteiger partial charge in [0.05, 0.1) is 24.4 Å². The molecule has 0 aliphatic carbocycles. The Morgan fingerprint density at radius 3 is 2.89 bits per heavy atom. The third-order valence-electron chi connectivity index (χ3n) is 2.53. The minimum absolute atomic E-state index is 0.323. The van der Waals surface area contributed by atoms with Crippen LogP contribution in [-0.2, 0) is 0 Å². The van der Waals surface area contributed by atoms with Gasteiger partial charge in [-0.1, -0.05) is 5.92 Å². The van der Waals surface area contributed by atoms with Crippen LogP contribution in [0.5, 0.6) is 5.75 Å². The molecular weight excluding hydrogens is 228 g/mol. The molecule has 2 rings (SSSR count). The molecular formula is C14H11N2O2. The van der Waals surface area contributed by atoms with Crippen LogP contribution in [-0.4, -0.2) is 18.0 Å². The molecule has 0 fully saturated rings. The lowest BCUT2D eigenvalue weighted by molar-refractivity contribution is 0.0997. The molecule has 1 amide bonds. The molecule has 0 aliphatic rings. The number of rotatable bonds is 2. The van der Waals surface area contributed by atoms with Gasteiger partial charge < -0.3 is 10.5 Å². The highest BCUT2D eigenvalue weighted by atomic mass is 16.5. The molecule has 0 unspecified atom stereocenters. The molecule has 0 saturated heterocycles. The van der Waals surface area contributed by atoms with Crippen LogP contribution in [0.2, 0.25) is 0 Å². The summed E-state index contributed by atoms with van der Waals surface area (Å²) in [7, 11) is 1.48. The number of nitrogens with zero attached hydrogens (tertiary/aromatic N) is 1. The van der Waals surface area contributed by atoms with E-state index in [4.69, 9.17) is 10.5 Å². The SMILES string of the molecule is CC#Cc1cn[c]c2cc(OC)c(C(N)=O)cc12. The van der Waals surface area contributed by atoms with Crippen LogP contribution in [0.25, 0.3) is 10.8 Å². The average molecular weight is 239 g/mol. The van der Waals surface area contributed by atoms with Gasteiger partial charge in [-0.15, -0.1) is 5.92 Å². The average Bonchev–Trinajstić information content (AvgIpc) is 2.37. The van der Waals surface area contributed by atoms with Gasteiger partial charge in [0.25, 0.3) is 5.91 Å². The number of benzene rings is 1. The van der Waals surface area contributed by atoms with Gasteiger partial charge in [0, 0.05) is 17.0 Å². The molecule has 2 aromatic rings. The second kappa shape index (κ2) is 4.76. The van der Waals surface area contributed by atoms with E-state index in [2.05, 4.69) is 23.0 Å². The fourth-order valence-electron chi connectivity index (χ4n) is 1.73. The first-order valence-corrected chi connectivity index (χ1v) is 5.28. The summed E-state index contributed by atoms with van der Waals surface area (Å²) in [6, 6.07) is 3.34. The zero-order valence-electron chi connectivity index (χ0n) is 10.1. The number of primary amides is 1. The second-order valence-electron chi connectivity index (χ2n) is 3.62. The van der Waals surface area contributed by atoms with Crippen LogP contribution in [0.15, 0.2) is 18.3 Å². The van der Waals surface area contributed by atoms with Crippen molar-refractivity contribution in [1.29, 1.82) is 0 Å². The Morgan fingerprint density at radius 2 is 2.28 bits per heavy atom. The largest absolute Gasteiger partial charge is 0.496 e. The van der Waals surface area contributed by atoms with Crippen molar-refractivity contribution in [2.75, 3.05) is 7.11 Å². The molecule has 4 nitrogen and oxygen atoms in total. The lowest BCUT2D eigenvalue weighted by Gasteiger charge is -2.08. The van der Waals surface area contributed by atoms with Crippen molar-refractivity contribution < 1.29 is 9.53 Å². The standard InChI is InChI=1S/C14H11N2O2/c1-3-4-9-7-16-8-10-5-13(18-2)12(14(15)17)6-11(9)10/h5-7H,1-2H3,(H2,15,17). The summed E-state index contributed by atoms with van der Waals surface area (Å²) in [4.78, 5) is 15.4.